The molecule has 0 unspecified atom stereocenters. The van der Waals surface area contributed by atoms with Gasteiger partial charge in [-0.3, -0.25) is 9.59 Å². The highest BCUT2D eigenvalue weighted by molar-refractivity contribution is 7.92. The van der Waals surface area contributed by atoms with E-state index in [9.17, 15) is 18.0 Å². The monoisotopic (exact) mass is 500 g/mol. The first-order chi connectivity index (χ1) is 16.0. The molecule has 3 aromatic rings. The number of amides is 2. The van der Waals surface area contributed by atoms with E-state index in [0.29, 0.717) is 22.6 Å². The molecular formula is C23H21ClN4O5S. The van der Waals surface area contributed by atoms with Crippen LogP contribution in [0.3, 0.4) is 0 Å². The fourth-order valence-electron chi connectivity index (χ4n) is 3.26. The first kappa shape index (κ1) is 23.5. The van der Waals surface area contributed by atoms with Crippen LogP contribution in [0.4, 0.5) is 17.3 Å². The highest BCUT2D eigenvalue weighted by atomic mass is 35.5. The number of imide groups is 1. The largest absolute Gasteiger partial charge is 0.350 e. The third-order valence-electron chi connectivity index (χ3n) is 5.59. The van der Waals surface area contributed by atoms with E-state index in [1.165, 1.54) is 24.3 Å². The van der Waals surface area contributed by atoms with Gasteiger partial charge < -0.3 is 9.84 Å². The van der Waals surface area contributed by atoms with E-state index < -0.39 is 21.8 Å². The molecule has 0 aliphatic carbocycles. The Balaban J connectivity index is 1.54. The maximum Gasteiger partial charge on any atom is 0.283 e. The number of hydrogen-bond donors (Lipinski definition) is 2. The minimum Gasteiger partial charge on any atom is -0.350 e. The Kier molecular flexibility index (Phi) is 5.96. The summed E-state index contributed by atoms with van der Waals surface area (Å²) in [7, 11) is -3.93. The van der Waals surface area contributed by atoms with Gasteiger partial charge in [0.1, 0.15) is 10.7 Å². The minimum atomic E-state index is -3.93. The smallest absolute Gasteiger partial charge is 0.283 e. The van der Waals surface area contributed by atoms with E-state index in [-0.39, 0.29) is 21.5 Å². The Labute approximate surface area is 201 Å². The number of aryl methyl sites for hydroxylation is 3. The minimum absolute atomic E-state index is 0.0304. The van der Waals surface area contributed by atoms with Crippen LogP contribution in [0.1, 0.15) is 22.4 Å². The third-order valence-corrected chi connectivity index (χ3v) is 7.29. The van der Waals surface area contributed by atoms with Crippen LogP contribution >= 0.6 is 11.6 Å². The van der Waals surface area contributed by atoms with Gasteiger partial charge in [-0.05, 0) is 75.2 Å². The summed E-state index contributed by atoms with van der Waals surface area (Å²) in [6.45, 7) is 7.20. The van der Waals surface area contributed by atoms with E-state index in [4.69, 9.17) is 16.1 Å². The lowest BCUT2D eigenvalue weighted by atomic mass is 10.1. The lowest BCUT2D eigenvalue weighted by molar-refractivity contribution is -0.120. The Morgan fingerprint density at radius 1 is 0.941 bits per heavy atom. The zero-order valence-electron chi connectivity index (χ0n) is 18.8. The second-order valence-electron chi connectivity index (χ2n) is 7.88. The molecule has 34 heavy (non-hydrogen) atoms. The second-order valence-corrected chi connectivity index (χ2v) is 9.94. The molecule has 9 nitrogen and oxygen atoms in total. The maximum atomic E-state index is 13.0. The van der Waals surface area contributed by atoms with Crippen molar-refractivity contribution in [3.05, 3.63) is 75.6 Å². The van der Waals surface area contributed by atoms with Crippen LogP contribution in [0.25, 0.3) is 0 Å². The van der Waals surface area contributed by atoms with Gasteiger partial charge in [0, 0.05) is 11.3 Å². The molecule has 1 aliphatic heterocycles. The molecule has 0 bridgehead atoms. The van der Waals surface area contributed by atoms with Crippen molar-refractivity contribution in [1.82, 2.24) is 5.16 Å². The normalized spacial score (nSPS) is 14.2. The van der Waals surface area contributed by atoms with Crippen LogP contribution in [0, 0.1) is 27.7 Å². The van der Waals surface area contributed by atoms with Crippen LogP contribution in [-0.2, 0) is 19.6 Å². The SMILES string of the molecule is Cc1ccc(N2C(=O)C(Cl)=C(Nc3ccc(S(=O)(=O)Nc4onc(C)c4C)cc3)C2=O)cc1C. The number of hydrogen-bond acceptors (Lipinski definition) is 7. The molecule has 2 aromatic carbocycles. The standard InChI is InChI=1S/C23H21ClN4O5S/c1-12-5-8-17(11-13(12)2)28-22(29)19(24)20(23(28)30)25-16-6-9-18(10-7-16)34(31,32)27-21-14(3)15(4)26-33-21/h5-11,25,27H,1-4H3. The Morgan fingerprint density at radius 2 is 1.62 bits per heavy atom. The first-order valence-corrected chi connectivity index (χ1v) is 12.0. The summed E-state index contributed by atoms with van der Waals surface area (Å²) in [5.41, 5.74) is 3.82. The van der Waals surface area contributed by atoms with Crippen molar-refractivity contribution in [1.29, 1.82) is 0 Å². The lowest BCUT2D eigenvalue weighted by Gasteiger charge is -2.16. The van der Waals surface area contributed by atoms with Crippen LogP contribution in [0.15, 0.2) is 62.6 Å². The third kappa shape index (κ3) is 4.17. The van der Waals surface area contributed by atoms with Gasteiger partial charge in [0.25, 0.3) is 21.8 Å². The van der Waals surface area contributed by atoms with Crippen molar-refractivity contribution < 1.29 is 22.5 Å². The zero-order chi connectivity index (χ0) is 24.8. The number of halogens is 1. The first-order valence-electron chi connectivity index (χ1n) is 10.2. The maximum absolute atomic E-state index is 13.0. The summed E-state index contributed by atoms with van der Waals surface area (Å²) in [5, 5.41) is 6.31. The van der Waals surface area contributed by atoms with Gasteiger partial charge in [-0.25, -0.2) is 18.0 Å². The van der Waals surface area contributed by atoms with Crippen molar-refractivity contribution in [2.45, 2.75) is 32.6 Å². The highest BCUT2D eigenvalue weighted by Crippen LogP contribution is 2.31. The van der Waals surface area contributed by atoms with Crippen molar-refractivity contribution in [3.8, 4) is 0 Å². The molecule has 11 heteroatoms. The fourth-order valence-corrected chi connectivity index (χ4v) is 4.52. The number of aromatic nitrogens is 1. The molecular weight excluding hydrogens is 480 g/mol. The summed E-state index contributed by atoms with van der Waals surface area (Å²) < 4.78 is 32.7. The lowest BCUT2D eigenvalue weighted by Crippen LogP contribution is -2.32. The molecule has 0 atom stereocenters. The number of nitrogens with zero attached hydrogens (tertiary/aromatic N) is 2. The number of rotatable bonds is 6. The van der Waals surface area contributed by atoms with Crippen LogP contribution in [-0.4, -0.2) is 25.4 Å². The Hall–Kier alpha value is -3.63. The second kappa shape index (κ2) is 8.62. The van der Waals surface area contributed by atoms with Gasteiger partial charge in [-0.1, -0.05) is 22.8 Å². The summed E-state index contributed by atoms with van der Waals surface area (Å²) >= 11 is 6.18. The van der Waals surface area contributed by atoms with Crippen LogP contribution in [0.5, 0.6) is 0 Å². The zero-order valence-corrected chi connectivity index (χ0v) is 20.3. The molecule has 0 saturated heterocycles. The van der Waals surface area contributed by atoms with E-state index in [0.717, 1.165) is 16.0 Å². The topological polar surface area (TPSA) is 122 Å². The number of anilines is 3. The van der Waals surface area contributed by atoms with Crippen LogP contribution in [0.2, 0.25) is 0 Å². The molecule has 0 fully saturated rings. The van der Waals surface area contributed by atoms with E-state index in [1.54, 1.807) is 26.0 Å². The quantitative estimate of drug-likeness (QED) is 0.487. The molecule has 1 aliphatic rings. The number of benzene rings is 2. The van der Waals surface area contributed by atoms with Crippen molar-refractivity contribution in [3.63, 3.8) is 0 Å². The molecule has 0 saturated carbocycles. The van der Waals surface area contributed by atoms with Crippen molar-refractivity contribution in [2.24, 2.45) is 0 Å². The molecule has 0 spiro atoms. The molecule has 4 rings (SSSR count). The van der Waals surface area contributed by atoms with Gasteiger partial charge in [-0.15, -0.1) is 0 Å². The van der Waals surface area contributed by atoms with Gasteiger partial charge in [-0.2, -0.15) is 0 Å². The number of carbonyl (C=O) groups excluding carboxylic acids is 2. The predicted molar refractivity (Wildman–Crippen MR) is 128 cm³/mol. The van der Waals surface area contributed by atoms with Crippen LogP contribution < -0.4 is 14.9 Å². The van der Waals surface area contributed by atoms with Crippen molar-refractivity contribution in [2.75, 3.05) is 14.9 Å². The fraction of sp³-hybridized carbons (Fsp3) is 0.174. The molecule has 2 amide bonds. The van der Waals surface area contributed by atoms with E-state index >= 15 is 0 Å². The van der Waals surface area contributed by atoms with Gasteiger partial charge in [0.05, 0.1) is 16.3 Å². The predicted octanol–water partition coefficient (Wildman–Crippen LogP) is 4.14. The summed E-state index contributed by atoms with van der Waals surface area (Å²) in [6.07, 6.45) is 0. The summed E-state index contributed by atoms with van der Waals surface area (Å²) in [4.78, 5) is 26.6. The molecule has 0 radical (unpaired) electrons. The summed E-state index contributed by atoms with van der Waals surface area (Å²) in [5.74, 6) is -1.20. The van der Waals surface area contributed by atoms with Gasteiger partial charge in [0.15, 0.2) is 0 Å². The number of carbonyl (C=O) groups is 2. The average Bonchev–Trinajstić information content (AvgIpc) is 3.21. The number of sulfonamides is 1. The van der Waals surface area contributed by atoms with Crippen molar-refractivity contribution >= 4 is 50.7 Å². The summed E-state index contributed by atoms with van der Waals surface area (Å²) in [6, 6.07) is 10.8. The van der Waals surface area contributed by atoms with E-state index in [1.807, 2.05) is 19.9 Å². The highest BCUT2D eigenvalue weighted by Gasteiger charge is 2.39. The molecule has 1 aromatic heterocycles. The average molecular weight is 501 g/mol. The van der Waals surface area contributed by atoms with Gasteiger partial charge in [0.2, 0.25) is 5.88 Å². The molecule has 2 N–H and O–H groups in total. The van der Waals surface area contributed by atoms with Gasteiger partial charge >= 0.3 is 0 Å². The molecule has 176 valence electrons. The number of nitrogens with one attached hydrogen (secondary N) is 2. The molecule has 2 heterocycles. The Morgan fingerprint density at radius 3 is 2.21 bits per heavy atom. The Bertz CT molecular complexity index is 1460. The van der Waals surface area contributed by atoms with E-state index in [2.05, 4.69) is 15.2 Å².